The molecule has 1 aliphatic rings. The Kier molecular flexibility index (Phi) is 4.21. The van der Waals surface area contributed by atoms with Gasteiger partial charge < -0.3 is 4.90 Å². The molecule has 2 aromatic rings. The third kappa shape index (κ3) is 3.33. The lowest BCUT2D eigenvalue weighted by Gasteiger charge is -2.34. The van der Waals surface area contributed by atoms with Crippen LogP contribution in [0.2, 0.25) is 0 Å². The second-order valence-corrected chi connectivity index (χ2v) is 7.98. The second kappa shape index (κ2) is 6.13. The van der Waals surface area contributed by atoms with Crippen LogP contribution in [0.25, 0.3) is 0 Å². The Morgan fingerprint density at radius 1 is 1.05 bits per heavy atom. The van der Waals surface area contributed by atoms with E-state index in [9.17, 15) is 8.42 Å². The topological polar surface area (TPSA) is 37.4 Å². The van der Waals surface area contributed by atoms with E-state index >= 15 is 0 Å². The third-order valence-electron chi connectivity index (χ3n) is 4.30. The Morgan fingerprint density at radius 2 is 1.82 bits per heavy atom. The third-order valence-corrected chi connectivity index (χ3v) is 5.41. The van der Waals surface area contributed by atoms with Gasteiger partial charge in [0.25, 0.3) is 0 Å². The molecule has 2 aromatic carbocycles. The molecule has 0 amide bonds. The van der Waals surface area contributed by atoms with Gasteiger partial charge in [0.15, 0.2) is 9.84 Å². The molecule has 0 saturated carbocycles. The summed E-state index contributed by atoms with van der Waals surface area (Å²) in [6.45, 7) is 2.00. The average Bonchev–Trinajstić information content (AvgIpc) is 2.55. The van der Waals surface area contributed by atoms with Gasteiger partial charge in [-0.05, 0) is 42.7 Å². The molecule has 4 heteroatoms. The lowest BCUT2D eigenvalue weighted by atomic mass is 9.90. The monoisotopic (exact) mass is 315 g/mol. The maximum Gasteiger partial charge on any atom is 0.175 e. The number of rotatable bonds is 3. The first-order valence-corrected chi connectivity index (χ1v) is 9.53. The van der Waals surface area contributed by atoms with Crippen molar-refractivity contribution in [2.45, 2.75) is 23.7 Å². The minimum absolute atomic E-state index is 0.385. The van der Waals surface area contributed by atoms with Crippen LogP contribution in [0.4, 0.5) is 5.69 Å². The molecule has 0 spiro atoms. The molecule has 3 nitrogen and oxygen atoms in total. The van der Waals surface area contributed by atoms with Crippen molar-refractivity contribution in [3.63, 3.8) is 0 Å². The highest BCUT2D eigenvalue weighted by Gasteiger charge is 2.22. The molecule has 3 rings (SSSR count). The molecule has 1 fully saturated rings. The summed E-state index contributed by atoms with van der Waals surface area (Å²) in [6.07, 6.45) is 3.50. The highest BCUT2D eigenvalue weighted by Crippen LogP contribution is 2.30. The summed E-state index contributed by atoms with van der Waals surface area (Å²) in [5.74, 6) is 0.385. The first-order valence-electron chi connectivity index (χ1n) is 7.64. The van der Waals surface area contributed by atoms with Gasteiger partial charge in [-0.2, -0.15) is 0 Å². The number of piperidine rings is 1. The molecule has 0 unspecified atom stereocenters. The van der Waals surface area contributed by atoms with Crippen molar-refractivity contribution in [2.24, 2.45) is 0 Å². The number of nitrogens with zero attached hydrogens (tertiary/aromatic N) is 1. The SMILES string of the molecule is CS(=O)(=O)c1cccc([C@@H]2CCCN(c3ccccc3)C2)c1. The van der Waals surface area contributed by atoms with Crippen LogP contribution >= 0.6 is 0 Å². The first-order chi connectivity index (χ1) is 10.5. The van der Waals surface area contributed by atoms with Gasteiger partial charge in [0.2, 0.25) is 0 Å². The number of hydrogen-bond donors (Lipinski definition) is 0. The molecule has 1 atom stereocenters. The van der Waals surface area contributed by atoms with E-state index in [1.54, 1.807) is 6.07 Å². The van der Waals surface area contributed by atoms with Crippen LogP contribution in [0, 0.1) is 0 Å². The predicted octanol–water partition coefficient (Wildman–Crippen LogP) is 3.47. The quantitative estimate of drug-likeness (QED) is 0.870. The maximum absolute atomic E-state index is 11.7. The van der Waals surface area contributed by atoms with Crippen LogP contribution in [0.5, 0.6) is 0 Å². The molecule has 1 aliphatic heterocycles. The Bertz CT molecular complexity index is 741. The number of para-hydroxylation sites is 1. The summed E-state index contributed by atoms with van der Waals surface area (Å²) in [5, 5.41) is 0. The zero-order valence-corrected chi connectivity index (χ0v) is 13.6. The normalized spacial score (nSPS) is 19.1. The maximum atomic E-state index is 11.7. The number of anilines is 1. The molecule has 0 radical (unpaired) electrons. The molecule has 22 heavy (non-hydrogen) atoms. The molecule has 0 aromatic heterocycles. The molecule has 0 N–H and O–H groups in total. The van der Waals surface area contributed by atoms with Gasteiger partial charge >= 0.3 is 0 Å². The van der Waals surface area contributed by atoms with Crippen molar-refractivity contribution in [1.82, 2.24) is 0 Å². The summed E-state index contributed by atoms with van der Waals surface area (Å²) in [6, 6.07) is 17.8. The minimum Gasteiger partial charge on any atom is -0.371 e. The van der Waals surface area contributed by atoms with E-state index < -0.39 is 9.84 Å². The number of hydrogen-bond acceptors (Lipinski definition) is 3. The molecule has 0 bridgehead atoms. The smallest absolute Gasteiger partial charge is 0.175 e. The molecule has 1 saturated heterocycles. The van der Waals surface area contributed by atoms with Crippen LogP contribution in [0.15, 0.2) is 59.5 Å². The Morgan fingerprint density at radius 3 is 2.55 bits per heavy atom. The van der Waals surface area contributed by atoms with Crippen LogP contribution in [0.3, 0.4) is 0 Å². The van der Waals surface area contributed by atoms with E-state index in [1.165, 1.54) is 11.9 Å². The molecular weight excluding hydrogens is 294 g/mol. The standard InChI is InChI=1S/C18H21NO2S/c1-22(20,21)18-11-5-7-15(13-18)16-8-6-12-19(14-16)17-9-3-2-4-10-17/h2-5,7,9-11,13,16H,6,8,12,14H2,1H3/t16-/m1/s1. The number of sulfone groups is 1. The van der Waals surface area contributed by atoms with Gasteiger partial charge in [0.05, 0.1) is 4.90 Å². The zero-order chi connectivity index (χ0) is 15.6. The van der Waals surface area contributed by atoms with Crippen molar-refractivity contribution < 1.29 is 8.42 Å². The van der Waals surface area contributed by atoms with E-state index in [4.69, 9.17) is 0 Å². The highest BCUT2D eigenvalue weighted by atomic mass is 32.2. The summed E-state index contributed by atoms with van der Waals surface area (Å²) in [4.78, 5) is 2.81. The second-order valence-electron chi connectivity index (χ2n) is 5.97. The van der Waals surface area contributed by atoms with E-state index in [0.29, 0.717) is 10.8 Å². The first kappa shape index (κ1) is 15.1. The van der Waals surface area contributed by atoms with Gasteiger partial charge in [-0.1, -0.05) is 30.3 Å². The van der Waals surface area contributed by atoms with Gasteiger partial charge in [-0.3, -0.25) is 0 Å². The number of benzene rings is 2. The summed E-state index contributed by atoms with van der Waals surface area (Å²) >= 11 is 0. The van der Waals surface area contributed by atoms with Crippen molar-refractivity contribution >= 4 is 15.5 Å². The van der Waals surface area contributed by atoms with Crippen molar-refractivity contribution in [1.29, 1.82) is 0 Å². The van der Waals surface area contributed by atoms with E-state index in [-0.39, 0.29) is 0 Å². The highest BCUT2D eigenvalue weighted by molar-refractivity contribution is 7.90. The fourth-order valence-corrected chi connectivity index (χ4v) is 3.80. The van der Waals surface area contributed by atoms with Crippen molar-refractivity contribution in [3.8, 4) is 0 Å². The van der Waals surface area contributed by atoms with Gasteiger partial charge in [0, 0.05) is 31.0 Å². The molecular formula is C18H21NO2S. The lowest BCUT2D eigenvalue weighted by Crippen LogP contribution is -2.34. The zero-order valence-electron chi connectivity index (χ0n) is 12.8. The van der Waals surface area contributed by atoms with Crippen molar-refractivity contribution in [2.75, 3.05) is 24.2 Å². The van der Waals surface area contributed by atoms with Crippen molar-refractivity contribution in [3.05, 3.63) is 60.2 Å². The summed E-state index contributed by atoms with van der Waals surface area (Å²) in [5.41, 5.74) is 2.37. The minimum atomic E-state index is -3.14. The molecule has 1 heterocycles. The van der Waals surface area contributed by atoms with Crippen LogP contribution in [-0.2, 0) is 9.84 Å². The lowest BCUT2D eigenvalue weighted by molar-refractivity contribution is 0.509. The molecule has 116 valence electrons. The Labute approximate surface area is 132 Å². The Balaban J connectivity index is 1.83. The average molecular weight is 315 g/mol. The summed E-state index contributed by atoms with van der Waals surface area (Å²) in [7, 11) is -3.14. The van der Waals surface area contributed by atoms with Crippen LogP contribution < -0.4 is 4.90 Å². The fraction of sp³-hybridized carbons (Fsp3) is 0.333. The fourth-order valence-electron chi connectivity index (χ4n) is 3.12. The van der Waals surface area contributed by atoms with E-state index in [1.807, 2.05) is 24.3 Å². The summed E-state index contributed by atoms with van der Waals surface area (Å²) < 4.78 is 23.5. The van der Waals surface area contributed by atoms with E-state index in [0.717, 1.165) is 31.5 Å². The largest absolute Gasteiger partial charge is 0.371 e. The van der Waals surface area contributed by atoms with Crippen LogP contribution in [0.1, 0.15) is 24.3 Å². The Hall–Kier alpha value is -1.81. The van der Waals surface area contributed by atoms with Gasteiger partial charge in [-0.15, -0.1) is 0 Å². The van der Waals surface area contributed by atoms with Crippen LogP contribution in [-0.4, -0.2) is 27.8 Å². The van der Waals surface area contributed by atoms with E-state index in [2.05, 4.69) is 29.2 Å². The molecule has 0 aliphatic carbocycles. The van der Waals surface area contributed by atoms with Gasteiger partial charge in [-0.25, -0.2) is 8.42 Å². The van der Waals surface area contributed by atoms with Gasteiger partial charge in [0.1, 0.15) is 0 Å². The predicted molar refractivity (Wildman–Crippen MR) is 90.2 cm³/mol.